The van der Waals surface area contributed by atoms with Crippen LogP contribution in [-0.2, 0) is 11.0 Å². The number of halogens is 3. The molecule has 8 atom stereocenters. The number of hydrogen-bond donors (Lipinski definition) is 3. The summed E-state index contributed by atoms with van der Waals surface area (Å²) in [7, 11) is 0. The number of ketones is 1. The smallest absolute Gasteiger partial charge is 0.416 e. The van der Waals surface area contributed by atoms with Crippen LogP contribution in [0.25, 0.3) is 0 Å². The highest BCUT2D eigenvalue weighted by atomic mass is 19.4. The predicted molar refractivity (Wildman–Crippen MR) is 119 cm³/mol. The third-order valence-corrected chi connectivity index (χ3v) is 9.20. The van der Waals surface area contributed by atoms with E-state index in [0.717, 1.165) is 18.3 Å². The number of rotatable bonds is 3. The molecule has 9 heteroatoms. The SMILES string of the molecule is CC1=C[C@]23C(=O)[C@@H](C=C(CO)[C@@H](O)[C@]2(O)[C@H]1Oc1cc(C(F)(F)F)ccn1)[C@H]1[C@@H](C[C@H]3C)C1(C)C. The van der Waals surface area contributed by atoms with Crippen molar-refractivity contribution in [2.45, 2.75) is 58.1 Å². The first-order valence-corrected chi connectivity index (χ1v) is 11.9. The van der Waals surface area contributed by atoms with E-state index in [1.54, 1.807) is 19.1 Å². The van der Waals surface area contributed by atoms with Crippen LogP contribution in [0, 0.1) is 34.5 Å². The second-order valence-corrected chi connectivity index (χ2v) is 11.2. The first-order chi connectivity index (χ1) is 16.2. The van der Waals surface area contributed by atoms with E-state index in [4.69, 9.17) is 4.74 Å². The highest BCUT2D eigenvalue weighted by molar-refractivity contribution is 5.95. The molecular formula is C26H30F3NO5. The molecule has 0 radical (unpaired) electrons. The van der Waals surface area contributed by atoms with E-state index in [1.807, 2.05) is 6.92 Å². The van der Waals surface area contributed by atoms with Gasteiger partial charge in [-0.3, -0.25) is 4.79 Å². The van der Waals surface area contributed by atoms with Crippen molar-refractivity contribution >= 4 is 5.78 Å². The van der Waals surface area contributed by atoms with Crippen LogP contribution in [0.1, 0.15) is 39.7 Å². The summed E-state index contributed by atoms with van der Waals surface area (Å²) in [6, 6.07) is 1.54. The molecule has 4 aliphatic carbocycles. The Morgan fingerprint density at radius 1 is 1.29 bits per heavy atom. The molecule has 2 bridgehead atoms. The van der Waals surface area contributed by atoms with Gasteiger partial charge in [0.15, 0.2) is 17.5 Å². The van der Waals surface area contributed by atoms with Gasteiger partial charge in [0.25, 0.3) is 0 Å². The van der Waals surface area contributed by atoms with Crippen LogP contribution in [0.15, 0.2) is 41.6 Å². The number of nitrogens with zero attached hydrogens (tertiary/aromatic N) is 1. The largest absolute Gasteiger partial charge is 0.467 e. The van der Waals surface area contributed by atoms with Crippen molar-refractivity contribution in [3.05, 3.63) is 47.2 Å². The fraction of sp³-hybridized carbons (Fsp3) is 0.615. The summed E-state index contributed by atoms with van der Waals surface area (Å²) in [6.07, 6.45) is -2.82. The molecule has 2 fully saturated rings. The summed E-state index contributed by atoms with van der Waals surface area (Å²) < 4.78 is 45.7. The molecule has 0 aromatic carbocycles. The number of carbonyl (C=O) groups excluding carboxylic acids is 1. The van der Waals surface area contributed by atoms with E-state index in [9.17, 15) is 33.3 Å². The number of pyridine rings is 1. The Balaban J connectivity index is 1.65. The Hall–Kier alpha value is -2.23. The Morgan fingerprint density at radius 3 is 2.60 bits per heavy atom. The number of allylic oxidation sites excluding steroid dienone is 1. The molecule has 1 aromatic rings. The minimum absolute atomic E-state index is 0.00623. The van der Waals surface area contributed by atoms with Gasteiger partial charge in [0.2, 0.25) is 5.88 Å². The number of aliphatic hydroxyl groups is 3. The lowest BCUT2D eigenvalue weighted by Gasteiger charge is -2.48. The minimum atomic E-state index is -4.62. The van der Waals surface area contributed by atoms with Crippen LogP contribution in [0.5, 0.6) is 5.88 Å². The molecule has 35 heavy (non-hydrogen) atoms. The van der Waals surface area contributed by atoms with Crippen LogP contribution in [0.2, 0.25) is 0 Å². The van der Waals surface area contributed by atoms with E-state index in [2.05, 4.69) is 18.8 Å². The molecule has 190 valence electrons. The fourth-order valence-corrected chi connectivity index (χ4v) is 7.36. The average molecular weight is 494 g/mol. The van der Waals surface area contributed by atoms with E-state index in [1.165, 1.54) is 0 Å². The Bertz CT molecular complexity index is 1140. The molecule has 2 saturated carbocycles. The highest BCUT2D eigenvalue weighted by Gasteiger charge is 2.76. The topological polar surface area (TPSA) is 99.9 Å². The zero-order valence-electron chi connectivity index (χ0n) is 20.0. The van der Waals surface area contributed by atoms with Crippen molar-refractivity contribution in [3.8, 4) is 5.88 Å². The van der Waals surface area contributed by atoms with Gasteiger partial charge in [-0.15, -0.1) is 0 Å². The molecule has 4 aliphatic rings. The number of Topliss-reactive ketones (excluding diaryl/α,β-unsaturated/α-hetero) is 1. The second kappa shape index (κ2) is 7.40. The van der Waals surface area contributed by atoms with Gasteiger partial charge in [0.1, 0.15) is 6.10 Å². The number of ether oxygens (including phenoxy) is 1. The number of hydrogen-bond acceptors (Lipinski definition) is 6. The average Bonchev–Trinajstić information content (AvgIpc) is 3.27. The quantitative estimate of drug-likeness (QED) is 0.559. The second-order valence-electron chi connectivity index (χ2n) is 11.2. The number of carbonyl (C=O) groups is 1. The van der Waals surface area contributed by atoms with Gasteiger partial charge in [-0.2, -0.15) is 13.2 Å². The van der Waals surface area contributed by atoms with Crippen molar-refractivity contribution in [1.29, 1.82) is 0 Å². The normalized spacial score (nSPS) is 41.7. The predicted octanol–water partition coefficient (Wildman–Crippen LogP) is 3.32. The van der Waals surface area contributed by atoms with Crippen molar-refractivity contribution < 1.29 is 38.0 Å². The van der Waals surface area contributed by atoms with E-state index in [-0.39, 0.29) is 34.5 Å². The first-order valence-electron chi connectivity index (χ1n) is 11.9. The standard InChI is InChI=1S/C26H30F3NO5/c1-12-10-24-13(2)7-17-19(23(17,3)4)16(21(24)33)8-14(11-31)20(32)25(24,34)22(12)35-18-9-15(5-6-30-18)26(27,28)29/h5-6,8-10,13,16-17,19-20,22,31-32,34H,7,11H2,1-4H3/t13-,16+,17-,19+,20-,22+,24+,25+/m1/s1. The van der Waals surface area contributed by atoms with Gasteiger partial charge >= 0.3 is 6.18 Å². The molecule has 5 rings (SSSR count). The Morgan fingerprint density at radius 2 is 1.97 bits per heavy atom. The maximum atomic E-state index is 14.3. The van der Waals surface area contributed by atoms with Crippen molar-refractivity contribution in [2.24, 2.45) is 34.5 Å². The summed E-state index contributed by atoms with van der Waals surface area (Å²) in [5.74, 6) is -1.41. The monoisotopic (exact) mass is 493 g/mol. The van der Waals surface area contributed by atoms with E-state index in [0.29, 0.717) is 12.0 Å². The third-order valence-electron chi connectivity index (χ3n) is 9.20. The van der Waals surface area contributed by atoms with Crippen LogP contribution in [0.3, 0.4) is 0 Å². The van der Waals surface area contributed by atoms with Gasteiger partial charge in [-0.25, -0.2) is 4.98 Å². The van der Waals surface area contributed by atoms with Gasteiger partial charge < -0.3 is 20.1 Å². The lowest BCUT2D eigenvalue weighted by Crippen LogP contribution is -2.66. The lowest BCUT2D eigenvalue weighted by molar-refractivity contribution is -0.186. The number of aromatic nitrogens is 1. The molecule has 0 unspecified atom stereocenters. The molecule has 1 aromatic heterocycles. The van der Waals surface area contributed by atoms with Crippen LogP contribution in [-0.4, -0.2) is 50.5 Å². The lowest BCUT2D eigenvalue weighted by atomic mass is 9.59. The first kappa shape index (κ1) is 24.5. The molecule has 0 saturated heterocycles. The van der Waals surface area contributed by atoms with Crippen LogP contribution in [0.4, 0.5) is 13.2 Å². The minimum Gasteiger partial charge on any atom is -0.467 e. The Labute approximate surface area is 201 Å². The molecule has 1 heterocycles. The van der Waals surface area contributed by atoms with Crippen LogP contribution >= 0.6 is 0 Å². The summed E-state index contributed by atoms with van der Waals surface area (Å²) in [4.78, 5) is 18.2. The molecule has 0 amide bonds. The van der Waals surface area contributed by atoms with Gasteiger partial charge in [-0.1, -0.05) is 32.9 Å². The van der Waals surface area contributed by atoms with Gasteiger partial charge in [0, 0.05) is 18.2 Å². The summed E-state index contributed by atoms with van der Waals surface area (Å²) in [5.41, 5.74) is -4.33. The van der Waals surface area contributed by atoms with E-state index < -0.39 is 53.4 Å². The number of fused-ring (bicyclic) bond motifs is 3. The van der Waals surface area contributed by atoms with Crippen LogP contribution < -0.4 is 4.74 Å². The Kier molecular flexibility index (Phi) is 5.17. The molecular weight excluding hydrogens is 463 g/mol. The molecule has 3 N–H and O–H groups in total. The number of alkyl halides is 3. The molecule has 6 nitrogen and oxygen atoms in total. The van der Waals surface area contributed by atoms with Gasteiger partial charge in [-0.05, 0) is 53.7 Å². The van der Waals surface area contributed by atoms with Crippen molar-refractivity contribution in [3.63, 3.8) is 0 Å². The maximum Gasteiger partial charge on any atom is 0.416 e. The summed E-state index contributed by atoms with van der Waals surface area (Å²) in [6.45, 7) is 7.10. The summed E-state index contributed by atoms with van der Waals surface area (Å²) >= 11 is 0. The number of aliphatic hydroxyl groups excluding tert-OH is 2. The van der Waals surface area contributed by atoms with Crippen molar-refractivity contribution in [2.75, 3.05) is 6.61 Å². The zero-order valence-corrected chi connectivity index (χ0v) is 20.0. The van der Waals surface area contributed by atoms with E-state index >= 15 is 0 Å². The third kappa shape index (κ3) is 3.07. The van der Waals surface area contributed by atoms with Crippen molar-refractivity contribution in [1.82, 2.24) is 4.98 Å². The highest BCUT2D eigenvalue weighted by Crippen LogP contribution is 2.71. The fourth-order valence-electron chi connectivity index (χ4n) is 7.36. The van der Waals surface area contributed by atoms with Gasteiger partial charge in [0.05, 0.1) is 17.6 Å². The molecule has 1 spiro atoms. The molecule has 0 aliphatic heterocycles. The summed E-state index contributed by atoms with van der Waals surface area (Å²) in [5, 5.41) is 33.9. The maximum absolute atomic E-state index is 14.3. The zero-order chi connectivity index (χ0) is 25.7.